The van der Waals surface area contributed by atoms with Crippen molar-refractivity contribution < 1.29 is 0 Å². The van der Waals surface area contributed by atoms with E-state index in [9.17, 15) is 4.79 Å². The van der Waals surface area contributed by atoms with Gasteiger partial charge >= 0.3 is 5.69 Å². The van der Waals surface area contributed by atoms with Crippen LogP contribution in [0.3, 0.4) is 0 Å². The SMILES string of the molecule is CCC1CCC(n2c(=O)[nH]c3cnc4ccc(-c5cnc6ccccc6c5)nc4c32)CC1. The van der Waals surface area contributed by atoms with Crippen LogP contribution in [0.1, 0.15) is 45.1 Å². The van der Waals surface area contributed by atoms with Crippen molar-refractivity contribution in [1.29, 1.82) is 0 Å². The van der Waals surface area contributed by atoms with Crippen molar-refractivity contribution in [3.63, 3.8) is 0 Å². The highest BCUT2D eigenvalue weighted by Gasteiger charge is 2.25. The van der Waals surface area contributed by atoms with Crippen LogP contribution in [0.2, 0.25) is 0 Å². The molecule has 0 aliphatic heterocycles. The van der Waals surface area contributed by atoms with E-state index in [4.69, 9.17) is 4.98 Å². The average Bonchev–Trinajstić information content (AvgIpc) is 3.19. The molecular formula is C26H25N5O. The molecule has 6 nitrogen and oxygen atoms in total. The summed E-state index contributed by atoms with van der Waals surface area (Å²) in [6, 6.07) is 14.4. The highest BCUT2D eigenvalue weighted by atomic mass is 16.1. The fraction of sp³-hybridized carbons (Fsp3) is 0.308. The highest BCUT2D eigenvalue weighted by Crippen LogP contribution is 2.35. The van der Waals surface area contributed by atoms with Gasteiger partial charge in [-0.3, -0.25) is 14.5 Å². The molecule has 1 N–H and O–H groups in total. The Morgan fingerprint density at radius 1 is 1.00 bits per heavy atom. The molecule has 1 saturated carbocycles. The van der Waals surface area contributed by atoms with Gasteiger partial charge in [0, 0.05) is 23.2 Å². The van der Waals surface area contributed by atoms with Gasteiger partial charge in [0.25, 0.3) is 0 Å². The van der Waals surface area contributed by atoms with Crippen LogP contribution in [0, 0.1) is 5.92 Å². The summed E-state index contributed by atoms with van der Waals surface area (Å²) in [5, 5.41) is 1.08. The van der Waals surface area contributed by atoms with E-state index in [0.717, 1.165) is 63.0 Å². The van der Waals surface area contributed by atoms with Gasteiger partial charge < -0.3 is 4.98 Å². The van der Waals surface area contributed by atoms with E-state index >= 15 is 0 Å². The number of nitrogens with one attached hydrogen (secondary N) is 1. The highest BCUT2D eigenvalue weighted by molar-refractivity contribution is 6.00. The minimum absolute atomic E-state index is 0.0613. The summed E-state index contributed by atoms with van der Waals surface area (Å²) in [6.45, 7) is 2.26. The predicted molar refractivity (Wildman–Crippen MR) is 128 cm³/mol. The number of hydrogen-bond acceptors (Lipinski definition) is 4. The molecule has 0 radical (unpaired) electrons. The Labute approximate surface area is 185 Å². The van der Waals surface area contributed by atoms with E-state index in [1.165, 1.54) is 19.3 Å². The number of aromatic amines is 1. The van der Waals surface area contributed by atoms with Gasteiger partial charge in [-0.2, -0.15) is 0 Å². The van der Waals surface area contributed by atoms with Crippen molar-refractivity contribution >= 4 is 33.0 Å². The van der Waals surface area contributed by atoms with E-state index in [-0.39, 0.29) is 11.7 Å². The third kappa shape index (κ3) is 3.09. The monoisotopic (exact) mass is 423 g/mol. The van der Waals surface area contributed by atoms with Gasteiger partial charge in [-0.1, -0.05) is 31.5 Å². The number of nitrogens with zero attached hydrogens (tertiary/aromatic N) is 4. The molecule has 0 amide bonds. The Balaban J connectivity index is 1.52. The molecule has 0 unspecified atom stereocenters. The molecule has 0 bridgehead atoms. The third-order valence-corrected chi connectivity index (χ3v) is 7.03. The summed E-state index contributed by atoms with van der Waals surface area (Å²) >= 11 is 0. The maximum atomic E-state index is 13.0. The van der Waals surface area contributed by atoms with Gasteiger partial charge in [0.05, 0.1) is 34.0 Å². The first-order chi connectivity index (χ1) is 15.7. The number of para-hydroxylation sites is 1. The molecule has 4 heterocycles. The number of aromatic nitrogens is 5. The molecule has 1 fully saturated rings. The van der Waals surface area contributed by atoms with Crippen molar-refractivity contribution in [3.8, 4) is 11.3 Å². The summed E-state index contributed by atoms with van der Waals surface area (Å²) in [5.74, 6) is 0.774. The molecule has 0 atom stereocenters. The van der Waals surface area contributed by atoms with Crippen molar-refractivity contribution in [2.75, 3.05) is 0 Å². The second kappa shape index (κ2) is 7.55. The fourth-order valence-electron chi connectivity index (χ4n) is 5.20. The maximum Gasteiger partial charge on any atom is 0.326 e. The Bertz CT molecular complexity index is 1510. The van der Waals surface area contributed by atoms with Gasteiger partial charge in [0.2, 0.25) is 0 Å². The first-order valence-corrected chi connectivity index (χ1v) is 11.5. The number of H-pyrrole nitrogens is 1. The van der Waals surface area contributed by atoms with Crippen LogP contribution in [-0.4, -0.2) is 24.5 Å². The van der Waals surface area contributed by atoms with Crippen molar-refractivity contribution in [2.45, 2.75) is 45.1 Å². The maximum absolute atomic E-state index is 13.0. The minimum Gasteiger partial charge on any atom is -0.304 e. The van der Waals surface area contributed by atoms with E-state index in [2.05, 4.69) is 34.0 Å². The van der Waals surface area contributed by atoms with Crippen LogP contribution in [0.15, 0.2) is 59.7 Å². The van der Waals surface area contributed by atoms with E-state index in [1.54, 1.807) is 6.20 Å². The normalized spacial score (nSPS) is 19.2. The third-order valence-electron chi connectivity index (χ3n) is 7.03. The lowest BCUT2D eigenvalue weighted by Gasteiger charge is -2.28. The van der Waals surface area contributed by atoms with Crippen LogP contribution in [0.4, 0.5) is 0 Å². The summed E-state index contributed by atoms with van der Waals surface area (Å²) in [4.78, 5) is 30.1. The number of fused-ring (bicyclic) bond motifs is 4. The number of pyridine rings is 3. The molecule has 1 aliphatic carbocycles. The second-order valence-electron chi connectivity index (χ2n) is 8.88. The smallest absolute Gasteiger partial charge is 0.304 e. The number of hydrogen-bond donors (Lipinski definition) is 1. The molecule has 6 rings (SSSR count). The van der Waals surface area contributed by atoms with E-state index < -0.39 is 0 Å². The van der Waals surface area contributed by atoms with Crippen molar-refractivity contribution in [1.82, 2.24) is 24.5 Å². The lowest BCUT2D eigenvalue weighted by atomic mass is 9.84. The largest absolute Gasteiger partial charge is 0.326 e. The first-order valence-electron chi connectivity index (χ1n) is 11.5. The summed E-state index contributed by atoms with van der Waals surface area (Å²) in [7, 11) is 0. The second-order valence-corrected chi connectivity index (χ2v) is 8.88. The summed E-state index contributed by atoms with van der Waals surface area (Å²) < 4.78 is 1.95. The Kier molecular flexibility index (Phi) is 4.52. The van der Waals surface area contributed by atoms with Gasteiger partial charge in [0.1, 0.15) is 5.52 Å². The number of imidazole rings is 1. The molecule has 160 valence electrons. The van der Waals surface area contributed by atoms with Crippen molar-refractivity contribution in [2.24, 2.45) is 5.92 Å². The predicted octanol–water partition coefficient (Wildman–Crippen LogP) is 5.63. The van der Waals surface area contributed by atoms with Gasteiger partial charge in [-0.15, -0.1) is 0 Å². The molecule has 5 aromatic rings. The van der Waals surface area contributed by atoms with Crippen LogP contribution in [-0.2, 0) is 0 Å². The van der Waals surface area contributed by atoms with Crippen LogP contribution in [0.25, 0.3) is 44.2 Å². The molecule has 32 heavy (non-hydrogen) atoms. The summed E-state index contributed by atoms with van der Waals surface area (Å²) in [5.41, 5.74) is 5.87. The molecule has 6 heteroatoms. The van der Waals surface area contributed by atoms with E-state index in [1.807, 2.05) is 41.1 Å². The molecule has 1 aliphatic rings. The lowest BCUT2D eigenvalue weighted by Crippen LogP contribution is -2.26. The first kappa shape index (κ1) is 19.2. The summed E-state index contributed by atoms with van der Waals surface area (Å²) in [6.07, 6.45) is 9.24. The molecular weight excluding hydrogens is 398 g/mol. The Hall–Kier alpha value is -3.54. The molecule has 0 saturated heterocycles. The van der Waals surface area contributed by atoms with Crippen LogP contribution in [0.5, 0.6) is 0 Å². The number of rotatable bonds is 3. The zero-order valence-corrected chi connectivity index (χ0v) is 18.1. The zero-order valence-electron chi connectivity index (χ0n) is 18.1. The van der Waals surface area contributed by atoms with Gasteiger partial charge in [-0.25, -0.2) is 9.78 Å². The van der Waals surface area contributed by atoms with Crippen LogP contribution >= 0.6 is 0 Å². The topological polar surface area (TPSA) is 76.5 Å². The average molecular weight is 424 g/mol. The quantitative estimate of drug-likeness (QED) is 0.408. The van der Waals surface area contributed by atoms with Crippen molar-refractivity contribution in [3.05, 3.63) is 65.3 Å². The molecule has 1 aromatic carbocycles. The fourth-order valence-corrected chi connectivity index (χ4v) is 5.20. The van der Waals surface area contributed by atoms with E-state index in [0.29, 0.717) is 0 Å². The van der Waals surface area contributed by atoms with Gasteiger partial charge in [0.15, 0.2) is 0 Å². The van der Waals surface area contributed by atoms with Gasteiger partial charge in [-0.05, 0) is 55.9 Å². The Morgan fingerprint density at radius 2 is 1.81 bits per heavy atom. The zero-order chi connectivity index (χ0) is 21.7. The number of benzene rings is 1. The lowest BCUT2D eigenvalue weighted by molar-refractivity contribution is 0.270. The minimum atomic E-state index is -0.0613. The Morgan fingerprint density at radius 3 is 2.66 bits per heavy atom. The standard InChI is InChI=1S/C26H25N5O/c1-2-16-7-9-19(10-8-16)31-25-23(30-26(31)32)15-28-22-12-11-21(29-24(22)25)18-13-17-5-3-4-6-20(17)27-14-18/h3-6,11-16,19H,2,7-10H2,1H3,(H,30,32). The van der Waals surface area contributed by atoms with Crippen LogP contribution < -0.4 is 5.69 Å². The molecule has 4 aromatic heterocycles. The molecule has 0 spiro atoms.